The fraction of sp³-hybridized carbons (Fsp3) is 0.316. The number of fused-ring (bicyclic) bond motifs is 1. The Morgan fingerprint density at radius 2 is 2.04 bits per heavy atom. The van der Waals surface area contributed by atoms with Gasteiger partial charge >= 0.3 is 0 Å². The van der Waals surface area contributed by atoms with E-state index in [-0.39, 0.29) is 6.61 Å². The molecule has 0 fully saturated rings. The average Bonchev–Trinajstić information content (AvgIpc) is 2.94. The van der Waals surface area contributed by atoms with Gasteiger partial charge in [-0.2, -0.15) is 0 Å². The molecule has 5 heteroatoms. The van der Waals surface area contributed by atoms with Crippen LogP contribution in [0.4, 0.5) is 0 Å². The standard InChI is InChI=1S/C19H21ClN2O2/c1-14-13-15(8-9-16(14)20)24-12-10-22-18-6-3-2-5-17(18)21-19(22)7-4-11-23/h2-3,5-6,8-9,13,23H,4,7,10-12H2,1H3. The molecule has 1 N–H and O–H groups in total. The molecule has 0 aliphatic carbocycles. The number of aryl methyl sites for hydroxylation is 2. The van der Waals surface area contributed by atoms with Gasteiger partial charge in [0.15, 0.2) is 0 Å². The number of imidazole rings is 1. The van der Waals surface area contributed by atoms with E-state index in [9.17, 15) is 0 Å². The van der Waals surface area contributed by atoms with Crippen molar-refractivity contribution < 1.29 is 9.84 Å². The maximum atomic E-state index is 9.09. The molecular weight excluding hydrogens is 324 g/mol. The summed E-state index contributed by atoms with van der Waals surface area (Å²) >= 11 is 6.04. The minimum atomic E-state index is 0.170. The maximum absolute atomic E-state index is 9.09. The predicted molar refractivity (Wildman–Crippen MR) is 96.8 cm³/mol. The molecule has 0 radical (unpaired) electrons. The lowest BCUT2D eigenvalue weighted by atomic mass is 10.2. The zero-order chi connectivity index (χ0) is 16.9. The Hall–Kier alpha value is -2.04. The van der Waals surface area contributed by atoms with Gasteiger partial charge in [0.1, 0.15) is 18.2 Å². The maximum Gasteiger partial charge on any atom is 0.119 e. The van der Waals surface area contributed by atoms with Crippen LogP contribution >= 0.6 is 11.6 Å². The van der Waals surface area contributed by atoms with Crippen molar-refractivity contribution in [3.05, 3.63) is 58.9 Å². The lowest BCUT2D eigenvalue weighted by Gasteiger charge is -2.11. The van der Waals surface area contributed by atoms with Gasteiger partial charge in [0, 0.05) is 18.1 Å². The molecule has 0 aliphatic rings. The number of aliphatic hydroxyl groups is 1. The molecule has 24 heavy (non-hydrogen) atoms. The van der Waals surface area contributed by atoms with Crippen molar-refractivity contribution in [1.29, 1.82) is 0 Å². The van der Waals surface area contributed by atoms with E-state index in [1.807, 2.05) is 43.3 Å². The normalized spacial score (nSPS) is 11.1. The van der Waals surface area contributed by atoms with Crippen LogP contribution in [-0.4, -0.2) is 27.9 Å². The van der Waals surface area contributed by atoms with Crippen molar-refractivity contribution in [2.75, 3.05) is 13.2 Å². The van der Waals surface area contributed by atoms with Crippen LogP contribution in [0.1, 0.15) is 17.8 Å². The Morgan fingerprint density at radius 3 is 2.83 bits per heavy atom. The van der Waals surface area contributed by atoms with Gasteiger partial charge in [-0.05, 0) is 49.2 Å². The fourth-order valence-electron chi connectivity index (χ4n) is 2.76. The average molecular weight is 345 g/mol. The summed E-state index contributed by atoms with van der Waals surface area (Å²) in [5, 5.41) is 9.84. The number of rotatable bonds is 7. The van der Waals surface area contributed by atoms with Crippen molar-refractivity contribution in [3.8, 4) is 5.75 Å². The molecule has 0 saturated heterocycles. The molecule has 1 aromatic heterocycles. The zero-order valence-corrected chi connectivity index (χ0v) is 14.5. The van der Waals surface area contributed by atoms with Gasteiger partial charge in [0.25, 0.3) is 0 Å². The first-order chi connectivity index (χ1) is 11.7. The van der Waals surface area contributed by atoms with Crippen LogP contribution in [0, 0.1) is 6.92 Å². The van der Waals surface area contributed by atoms with E-state index in [0.717, 1.165) is 39.6 Å². The van der Waals surface area contributed by atoms with Crippen molar-refractivity contribution in [1.82, 2.24) is 9.55 Å². The van der Waals surface area contributed by atoms with Gasteiger partial charge in [-0.3, -0.25) is 0 Å². The minimum Gasteiger partial charge on any atom is -0.492 e. The number of benzene rings is 2. The van der Waals surface area contributed by atoms with Crippen molar-refractivity contribution in [2.24, 2.45) is 0 Å². The topological polar surface area (TPSA) is 47.3 Å². The van der Waals surface area contributed by atoms with E-state index in [1.54, 1.807) is 0 Å². The van der Waals surface area contributed by atoms with E-state index in [1.165, 1.54) is 0 Å². The zero-order valence-electron chi connectivity index (χ0n) is 13.7. The van der Waals surface area contributed by atoms with E-state index >= 15 is 0 Å². The van der Waals surface area contributed by atoms with E-state index in [2.05, 4.69) is 15.6 Å². The molecule has 0 bridgehead atoms. The number of hydrogen-bond acceptors (Lipinski definition) is 3. The molecule has 126 valence electrons. The lowest BCUT2D eigenvalue weighted by Crippen LogP contribution is -2.11. The largest absolute Gasteiger partial charge is 0.492 e. The summed E-state index contributed by atoms with van der Waals surface area (Å²) < 4.78 is 8.04. The number of hydrogen-bond donors (Lipinski definition) is 1. The second kappa shape index (κ2) is 7.69. The van der Waals surface area contributed by atoms with Gasteiger partial charge in [-0.15, -0.1) is 0 Å². The second-order valence-electron chi connectivity index (χ2n) is 5.75. The van der Waals surface area contributed by atoms with Gasteiger partial charge in [-0.25, -0.2) is 4.98 Å². The number of nitrogens with zero attached hydrogens (tertiary/aromatic N) is 2. The molecule has 0 aliphatic heterocycles. The Kier molecular flexibility index (Phi) is 5.38. The van der Waals surface area contributed by atoms with Crippen LogP contribution in [-0.2, 0) is 13.0 Å². The Morgan fingerprint density at radius 1 is 1.21 bits per heavy atom. The predicted octanol–water partition coefficient (Wildman–Crippen LogP) is 4.00. The summed E-state index contributed by atoms with van der Waals surface area (Å²) in [6.45, 7) is 3.39. The van der Waals surface area contributed by atoms with Crippen LogP contribution < -0.4 is 4.74 Å². The first-order valence-electron chi connectivity index (χ1n) is 8.13. The molecule has 0 unspecified atom stereocenters. The summed E-state index contributed by atoms with van der Waals surface area (Å²) in [5.41, 5.74) is 3.08. The second-order valence-corrected chi connectivity index (χ2v) is 6.16. The van der Waals surface area contributed by atoms with Crippen LogP contribution in [0.2, 0.25) is 5.02 Å². The smallest absolute Gasteiger partial charge is 0.119 e. The number of ether oxygens (including phenoxy) is 1. The Balaban J connectivity index is 1.74. The monoisotopic (exact) mass is 344 g/mol. The van der Waals surface area contributed by atoms with E-state index in [0.29, 0.717) is 19.6 Å². The molecule has 3 aromatic rings. The van der Waals surface area contributed by atoms with Gasteiger partial charge in [0.05, 0.1) is 17.6 Å². The SMILES string of the molecule is Cc1cc(OCCn2c(CCCO)nc3ccccc32)ccc1Cl. The fourth-order valence-corrected chi connectivity index (χ4v) is 2.88. The van der Waals surface area contributed by atoms with Gasteiger partial charge in [-0.1, -0.05) is 23.7 Å². The third-order valence-corrected chi connectivity index (χ3v) is 4.43. The highest BCUT2D eigenvalue weighted by molar-refractivity contribution is 6.31. The molecule has 3 rings (SSSR count). The molecule has 4 nitrogen and oxygen atoms in total. The quantitative estimate of drug-likeness (QED) is 0.704. The Labute approximate surface area is 146 Å². The molecule has 0 amide bonds. The molecule has 0 saturated carbocycles. The highest BCUT2D eigenvalue weighted by Crippen LogP contribution is 2.22. The lowest BCUT2D eigenvalue weighted by molar-refractivity contribution is 0.283. The van der Waals surface area contributed by atoms with Crippen molar-refractivity contribution in [3.63, 3.8) is 0 Å². The summed E-state index contributed by atoms with van der Waals surface area (Å²) in [7, 11) is 0. The molecule has 2 aromatic carbocycles. The Bertz CT molecular complexity index is 829. The first-order valence-corrected chi connectivity index (χ1v) is 8.51. The van der Waals surface area contributed by atoms with E-state index in [4.69, 9.17) is 21.4 Å². The van der Waals surface area contributed by atoms with Gasteiger partial charge in [0.2, 0.25) is 0 Å². The molecule has 1 heterocycles. The van der Waals surface area contributed by atoms with Crippen LogP contribution in [0.25, 0.3) is 11.0 Å². The third kappa shape index (κ3) is 3.71. The number of para-hydroxylation sites is 2. The summed E-state index contributed by atoms with van der Waals surface area (Å²) in [6.07, 6.45) is 1.46. The molecular formula is C19H21ClN2O2. The summed E-state index contributed by atoms with van der Waals surface area (Å²) in [4.78, 5) is 4.68. The first kappa shape index (κ1) is 16.8. The number of halogens is 1. The highest BCUT2D eigenvalue weighted by Gasteiger charge is 2.10. The molecule has 0 atom stereocenters. The van der Waals surface area contributed by atoms with Crippen molar-refractivity contribution in [2.45, 2.75) is 26.3 Å². The van der Waals surface area contributed by atoms with Gasteiger partial charge < -0.3 is 14.4 Å². The van der Waals surface area contributed by atoms with Crippen molar-refractivity contribution >= 4 is 22.6 Å². The van der Waals surface area contributed by atoms with E-state index < -0.39 is 0 Å². The minimum absolute atomic E-state index is 0.170. The summed E-state index contributed by atoms with van der Waals surface area (Å²) in [6, 6.07) is 13.8. The molecule has 0 spiro atoms. The summed E-state index contributed by atoms with van der Waals surface area (Å²) in [5.74, 6) is 1.80. The number of aromatic nitrogens is 2. The van der Waals surface area contributed by atoms with Crippen LogP contribution in [0.5, 0.6) is 5.75 Å². The van der Waals surface area contributed by atoms with Crippen LogP contribution in [0.15, 0.2) is 42.5 Å². The third-order valence-electron chi connectivity index (χ3n) is 4.01. The highest BCUT2D eigenvalue weighted by atomic mass is 35.5. The van der Waals surface area contributed by atoms with Crippen LogP contribution in [0.3, 0.4) is 0 Å². The number of aliphatic hydroxyl groups excluding tert-OH is 1.